The van der Waals surface area contributed by atoms with E-state index in [1.807, 2.05) is 31.2 Å². The number of aryl methyl sites for hydroxylation is 1. The predicted octanol–water partition coefficient (Wildman–Crippen LogP) is 3.26. The van der Waals surface area contributed by atoms with Gasteiger partial charge in [-0.3, -0.25) is 24.0 Å². The van der Waals surface area contributed by atoms with Crippen molar-refractivity contribution in [1.29, 1.82) is 0 Å². The van der Waals surface area contributed by atoms with Crippen LogP contribution in [-0.2, 0) is 26.2 Å². The maximum absolute atomic E-state index is 13.7. The van der Waals surface area contributed by atoms with Crippen LogP contribution < -0.4 is 9.62 Å². The highest BCUT2D eigenvalue weighted by molar-refractivity contribution is 7.92. The molecule has 0 aliphatic carbocycles. The molecule has 0 unspecified atom stereocenters. The normalized spacial score (nSPS) is 11.9. The molecule has 0 saturated heterocycles. The molecule has 3 aromatic carbocycles. The molecule has 0 radical (unpaired) electrons. The zero-order valence-corrected chi connectivity index (χ0v) is 21.5. The van der Waals surface area contributed by atoms with E-state index in [0.29, 0.717) is 0 Å². The summed E-state index contributed by atoms with van der Waals surface area (Å²) in [5, 5.41) is 13.9. The molecule has 3 aromatic rings. The largest absolute Gasteiger partial charge is 0.357 e. The molecule has 10 nitrogen and oxygen atoms in total. The van der Waals surface area contributed by atoms with Gasteiger partial charge in [-0.25, -0.2) is 8.42 Å². The van der Waals surface area contributed by atoms with Gasteiger partial charge in [0.1, 0.15) is 12.6 Å². The van der Waals surface area contributed by atoms with Crippen LogP contribution in [0.15, 0.2) is 83.8 Å². The van der Waals surface area contributed by atoms with E-state index in [9.17, 15) is 28.1 Å². The van der Waals surface area contributed by atoms with Gasteiger partial charge in [-0.05, 0) is 43.2 Å². The van der Waals surface area contributed by atoms with Gasteiger partial charge in [0.25, 0.3) is 15.7 Å². The third-order valence-electron chi connectivity index (χ3n) is 5.95. The Morgan fingerprint density at radius 3 is 2.27 bits per heavy atom. The van der Waals surface area contributed by atoms with Crippen molar-refractivity contribution in [1.82, 2.24) is 10.2 Å². The van der Waals surface area contributed by atoms with Gasteiger partial charge in [-0.15, -0.1) is 0 Å². The summed E-state index contributed by atoms with van der Waals surface area (Å²) in [4.78, 5) is 38.2. The van der Waals surface area contributed by atoms with Gasteiger partial charge < -0.3 is 10.2 Å². The Bertz CT molecular complexity index is 1390. The average molecular weight is 525 g/mol. The summed E-state index contributed by atoms with van der Waals surface area (Å²) < 4.78 is 28.1. The van der Waals surface area contributed by atoms with Gasteiger partial charge >= 0.3 is 0 Å². The van der Waals surface area contributed by atoms with Crippen molar-refractivity contribution in [3.63, 3.8) is 0 Å². The lowest BCUT2D eigenvalue weighted by molar-refractivity contribution is -0.384. The van der Waals surface area contributed by atoms with E-state index in [4.69, 9.17) is 0 Å². The average Bonchev–Trinajstić information content (AvgIpc) is 2.90. The number of hydrogen-bond donors (Lipinski definition) is 1. The summed E-state index contributed by atoms with van der Waals surface area (Å²) in [6.45, 7) is 2.82. The Labute approximate surface area is 215 Å². The number of nitrogens with one attached hydrogen (secondary N) is 1. The number of sulfonamides is 1. The van der Waals surface area contributed by atoms with Gasteiger partial charge in [0.15, 0.2) is 0 Å². The predicted molar refractivity (Wildman–Crippen MR) is 139 cm³/mol. The van der Waals surface area contributed by atoms with Crippen molar-refractivity contribution in [2.45, 2.75) is 31.3 Å². The molecule has 0 aromatic heterocycles. The van der Waals surface area contributed by atoms with Crippen LogP contribution in [-0.4, -0.2) is 49.7 Å². The van der Waals surface area contributed by atoms with E-state index in [0.717, 1.165) is 21.5 Å². The van der Waals surface area contributed by atoms with Crippen molar-refractivity contribution in [2.24, 2.45) is 0 Å². The van der Waals surface area contributed by atoms with Gasteiger partial charge in [-0.2, -0.15) is 0 Å². The molecule has 11 heteroatoms. The van der Waals surface area contributed by atoms with Crippen molar-refractivity contribution in [3.05, 3.63) is 100 Å². The molecule has 194 valence electrons. The first-order chi connectivity index (χ1) is 17.6. The molecular formula is C26H28N4O6S. The van der Waals surface area contributed by atoms with Crippen molar-refractivity contribution >= 4 is 33.2 Å². The van der Waals surface area contributed by atoms with E-state index in [-0.39, 0.29) is 22.8 Å². The van der Waals surface area contributed by atoms with Crippen LogP contribution in [0.1, 0.15) is 18.1 Å². The first kappa shape index (κ1) is 27.3. The zero-order valence-electron chi connectivity index (χ0n) is 20.7. The van der Waals surface area contributed by atoms with Crippen LogP contribution in [0, 0.1) is 17.0 Å². The lowest BCUT2D eigenvalue weighted by Crippen LogP contribution is -2.50. The number of nitro groups is 1. The standard InChI is InChI=1S/C26H28N4O6S/c1-19-10-7-8-11-21(19)17-28(20(2)26(32)27-3)25(31)18-29(22-12-9-13-23(16-22)30(33)34)37(35,36)24-14-5-4-6-15-24/h4-16,20H,17-18H2,1-3H3,(H,27,32)/t20-/m0/s1. The Morgan fingerprint density at radius 1 is 1.00 bits per heavy atom. The number of benzene rings is 3. The van der Waals surface area contributed by atoms with E-state index in [1.54, 1.807) is 25.1 Å². The monoisotopic (exact) mass is 524 g/mol. The van der Waals surface area contributed by atoms with Crippen molar-refractivity contribution in [3.8, 4) is 0 Å². The molecule has 0 aliphatic rings. The first-order valence-electron chi connectivity index (χ1n) is 11.4. The molecule has 0 heterocycles. The highest BCUT2D eigenvalue weighted by Crippen LogP contribution is 2.27. The second-order valence-electron chi connectivity index (χ2n) is 8.34. The Kier molecular flexibility index (Phi) is 8.61. The molecule has 0 aliphatic heterocycles. The highest BCUT2D eigenvalue weighted by atomic mass is 32.2. The van der Waals surface area contributed by atoms with Gasteiger partial charge in [0.2, 0.25) is 11.8 Å². The SMILES string of the molecule is CNC(=O)[C@H](C)N(Cc1ccccc1C)C(=O)CN(c1cccc([N+](=O)[O-])c1)S(=O)(=O)c1ccccc1. The fraction of sp³-hybridized carbons (Fsp3) is 0.231. The second-order valence-corrected chi connectivity index (χ2v) is 10.2. The Morgan fingerprint density at radius 2 is 1.65 bits per heavy atom. The first-order valence-corrected chi connectivity index (χ1v) is 12.9. The third kappa shape index (κ3) is 6.31. The Hall–Kier alpha value is -4.25. The van der Waals surface area contributed by atoms with E-state index < -0.39 is 39.3 Å². The smallest absolute Gasteiger partial charge is 0.271 e. The molecule has 2 amide bonds. The minimum atomic E-state index is -4.30. The van der Waals surface area contributed by atoms with E-state index in [2.05, 4.69) is 5.32 Å². The van der Waals surface area contributed by atoms with Gasteiger partial charge in [0, 0.05) is 25.7 Å². The molecule has 37 heavy (non-hydrogen) atoms. The topological polar surface area (TPSA) is 130 Å². The lowest BCUT2D eigenvalue weighted by atomic mass is 10.1. The highest BCUT2D eigenvalue weighted by Gasteiger charge is 2.33. The van der Waals surface area contributed by atoms with E-state index in [1.165, 1.54) is 42.3 Å². The summed E-state index contributed by atoms with van der Waals surface area (Å²) in [6, 6.07) is 19.0. The quantitative estimate of drug-likeness (QED) is 0.320. The van der Waals surface area contributed by atoms with Crippen LogP contribution in [0.25, 0.3) is 0 Å². The van der Waals surface area contributed by atoms with E-state index >= 15 is 0 Å². The van der Waals surface area contributed by atoms with Gasteiger partial charge in [0.05, 0.1) is 15.5 Å². The summed E-state index contributed by atoms with van der Waals surface area (Å²) >= 11 is 0. The van der Waals surface area contributed by atoms with Crippen LogP contribution in [0.4, 0.5) is 11.4 Å². The molecule has 0 saturated carbocycles. The fourth-order valence-electron chi connectivity index (χ4n) is 3.77. The number of rotatable bonds is 10. The maximum atomic E-state index is 13.7. The Balaban J connectivity index is 2.08. The summed E-state index contributed by atoms with van der Waals surface area (Å²) in [7, 11) is -2.85. The number of carbonyl (C=O) groups excluding carboxylic acids is 2. The second kappa shape index (κ2) is 11.7. The molecule has 1 atom stereocenters. The number of carbonyl (C=O) groups is 2. The molecule has 3 rings (SSSR count). The van der Waals surface area contributed by atoms with Crippen LogP contribution >= 0.6 is 0 Å². The number of likely N-dealkylation sites (N-methyl/N-ethyl adjacent to an activating group) is 1. The van der Waals surface area contributed by atoms with Crippen LogP contribution in [0.3, 0.4) is 0 Å². The number of nitrogens with zero attached hydrogens (tertiary/aromatic N) is 3. The number of nitro benzene ring substituents is 1. The minimum Gasteiger partial charge on any atom is -0.357 e. The number of hydrogen-bond acceptors (Lipinski definition) is 6. The van der Waals surface area contributed by atoms with Crippen LogP contribution in [0.5, 0.6) is 0 Å². The minimum absolute atomic E-state index is 0.0464. The van der Waals surface area contributed by atoms with Gasteiger partial charge in [-0.1, -0.05) is 48.5 Å². The molecule has 0 fully saturated rings. The zero-order chi connectivity index (χ0) is 27.2. The summed E-state index contributed by atoms with van der Waals surface area (Å²) in [5.74, 6) is -1.07. The molecule has 0 bridgehead atoms. The van der Waals surface area contributed by atoms with Crippen LogP contribution in [0.2, 0.25) is 0 Å². The molecular weight excluding hydrogens is 496 g/mol. The lowest BCUT2D eigenvalue weighted by Gasteiger charge is -2.32. The van der Waals surface area contributed by atoms with Crippen molar-refractivity contribution in [2.75, 3.05) is 17.9 Å². The summed E-state index contributed by atoms with van der Waals surface area (Å²) in [5.41, 5.74) is 1.32. The number of anilines is 1. The fourth-order valence-corrected chi connectivity index (χ4v) is 5.20. The third-order valence-corrected chi connectivity index (χ3v) is 7.74. The summed E-state index contributed by atoms with van der Waals surface area (Å²) in [6.07, 6.45) is 0. The maximum Gasteiger partial charge on any atom is 0.271 e. The molecule has 1 N–H and O–H groups in total. The number of non-ortho nitro benzene ring substituents is 1. The molecule has 0 spiro atoms. The van der Waals surface area contributed by atoms with Crippen molar-refractivity contribution < 1.29 is 22.9 Å². The number of amides is 2.